The summed E-state index contributed by atoms with van der Waals surface area (Å²) in [4.78, 5) is 0. The molecule has 0 saturated heterocycles. The van der Waals surface area contributed by atoms with Gasteiger partial charge in [0.1, 0.15) is 10.8 Å². The second-order valence-electron chi connectivity index (χ2n) is 5.19. The summed E-state index contributed by atoms with van der Waals surface area (Å²) in [6.07, 6.45) is -4.85. The summed E-state index contributed by atoms with van der Waals surface area (Å²) < 4.78 is 76.7. The fourth-order valence-corrected chi connectivity index (χ4v) is 4.07. The summed E-state index contributed by atoms with van der Waals surface area (Å²) in [5.74, 6) is -1.40. The average molecular weight is 388 g/mol. The Balaban J connectivity index is 1.96. The molecule has 3 nitrogen and oxygen atoms in total. The molecule has 3 aromatic rings. The van der Waals surface area contributed by atoms with Crippen molar-refractivity contribution in [3.8, 4) is 0 Å². The molecule has 0 saturated carbocycles. The van der Waals surface area contributed by atoms with Crippen molar-refractivity contribution in [2.24, 2.45) is 0 Å². The van der Waals surface area contributed by atoms with E-state index in [-0.39, 0.29) is 12.1 Å². The van der Waals surface area contributed by atoms with Crippen LogP contribution in [0.2, 0.25) is 0 Å². The lowest BCUT2D eigenvalue weighted by atomic mass is 10.1. The third kappa shape index (κ3) is 3.83. The normalized spacial score (nSPS) is 13.2. The summed E-state index contributed by atoms with van der Waals surface area (Å²) in [6, 6.07) is 11.3. The lowest BCUT2D eigenvalue weighted by molar-refractivity contribution is -0.140. The van der Waals surface area contributed by atoms with E-state index in [0.717, 1.165) is 20.5 Å². The smallest absolute Gasteiger partial charge is 0.419 e. The molecule has 3 rings (SSSR count). The average Bonchev–Trinajstić information content (AvgIpc) is 2.96. The maximum Gasteiger partial charge on any atom is 0.419 e. The highest BCUT2D eigenvalue weighted by molar-refractivity contribution is 7.80. The van der Waals surface area contributed by atoms with Crippen LogP contribution in [0.15, 0.2) is 48.5 Å². The van der Waals surface area contributed by atoms with E-state index in [4.69, 9.17) is 0 Å². The number of benzene rings is 2. The molecule has 0 spiro atoms. The Hall–Kier alpha value is -1.97. The number of alkyl halides is 3. The standard InChI is InChI=1S/C16H11F4NO2S2/c17-13-6-5-10(7-12(13)16(18,19)20)9-21(25(22)23)15-8-11-3-1-2-4-14(11)24-15/h1-8H,9H2,(H,22,23)/p-1. The lowest BCUT2D eigenvalue weighted by Gasteiger charge is -2.25. The number of rotatable bonds is 4. The molecular formula is C16H10F4NO2S2-. The van der Waals surface area contributed by atoms with Gasteiger partial charge in [0.2, 0.25) is 0 Å². The molecule has 1 heterocycles. The molecule has 0 aliphatic heterocycles. The number of fused-ring (bicyclic) bond motifs is 1. The largest absolute Gasteiger partial charge is 0.755 e. The van der Waals surface area contributed by atoms with E-state index in [1.165, 1.54) is 11.3 Å². The van der Waals surface area contributed by atoms with Gasteiger partial charge < -0.3 is 4.55 Å². The van der Waals surface area contributed by atoms with Crippen molar-refractivity contribution in [3.05, 3.63) is 65.5 Å². The molecule has 25 heavy (non-hydrogen) atoms. The summed E-state index contributed by atoms with van der Waals surface area (Å²) in [6.45, 7) is -0.327. The number of hydrogen-bond acceptors (Lipinski definition) is 3. The molecule has 0 fully saturated rings. The minimum Gasteiger partial charge on any atom is -0.755 e. The van der Waals surface area contributed by atoms with Crippen molar-refractivity contribution in [3.63, 3.8) is 0 Å². The lowest BCUT2D eigenvalue weighted by Crippen LogP contribution is -2.24. The second kappa shape index (κ2) is 6.74. The van der Waals surface area contributed by atoms with E-state index < -0.39 is 28.8 Å². The fourth-order valence-electron chi connectivity index (χ4n) is 2.35. The van der Waals surface area contributed by atoms with Gasteiger partial charge in [-0.25, -0.2) is 4.39 Å². The molecule has 0 N–H and O–H groups in total. The van der Waals surface area contributed by atoms with Crippen LogP contribution in [0.25, 0.3) is 10.1 Å². The highest BCUT2D eigenvalue weighted by atomic mass is 32.2. The number of halogens is 4. The predicted molar refractivity (Wildman–Crippen MR) is 88.3 cm³/mol. The Bertz CT molecular complexity index is 906. The number of hydrogen-bond donors (Lipinski definition) is 0. The quantitative estimate of drug-likeness (QED) is 0.473. The summed E-state index contributed by atoms with van der Waals surface area (Å²) in [5, 5.41) is 1.19. The van der Waals surface area contributed by atoms with Crippen LogP contribution in [0.3, 0.4) is 0 Å². The Morgan fingerprint density at radius 2 is 1.84 bits per heavy atom. The third-order valence-corrected chi connectivity index (χ3v) is 5.44. The van der Waals surface area contributed by atoms with Gasteiger partial charge in [-0.1, -0.05) is 24.3 Å². The van der Waals surface area contributed by atoms with Gasteiger partial charge in [-0.3, -0.25) is 8.51 Å². The van der Waals surface area contributed by atoms with Gasteiger partial charge >= 0.3 is 6.18 Å². The van der Waals surface area contributed by atoms with E-state index >= 15 is 0 Å². The van der Waals surface area contributed by atoms with Gasteiger partial charge in [-0.05, 0) is 35.2 Å². The fraction of sp³-hybridized carbons (Fsp3) is 0.125. The second-order valence-corrected chi connectivity index (χ2v) is 7.13. The van der Waals surface area contributed by atoms with E-state index in [0.29, 0.717) is 17.1 Å². The van der Waals surface area contributed by atoms with Gasteiger partial charge in [-0.15, -0.1) is 11.3 Å². The van der Waals surface area contributed by atoms with Crippen LogP contribution in [0.1, 0.15) is 11.1 Å². The van der Waals surface area contributed by atoms with Crippen molar-refractivity contribution in [2.75, 3.05) is 4.31 Å². The maximum absolute atomic E-state index is 13.4. The zero-order valence-electron chi connectivity index (χ0n) is 12.4. The Morgan fingerprint density at radius 1 is 1.12 bits per heavy atom. The van der Waals surface area contributed by atoms with E-state index in [1.54, 1.807) is 24.3 Å². The third-order valence-electron chi connectivity index (χ3n) is 3.50. The number of anilines is 1. The minimum atomic E-state index is -4.85. The Morgan fingerprint density at radius 3 is 2.48 bits per heavy atom. The molecule has 1 atom stereocenters. The molecule has 9 heteroatoms. The molecule has 0 radical (unpaired) electrons. The van der Waals surface area contributed by atoms with Crippen molar-refractivity contribution in [1.82, 2.24) is 0 Å². The summed E-state index contributed by atoms with van der Waals surface area (Å²) in [7, 11) is 0. The Labute approximate surface area is 146 Å². The van der Waals surface area contributed by atoms with Crippen LogP contribution >= 0.6 is 11.3 Å². The first kappa shape index (κ1) is 17.8. The van der Waals surface area contributed by atoms with Crippen molar-refractivity contribution in [1.29, 1.82) is 0 Å². The van der Waals surface area contributed by atoms with Gasteiger partial charge in [0, 0.05) is 16.0 Å². The topological polar surface area (TPSA) is 43.4 Å². The van der Waals surface area contributed by atoms with Crippen molar-refractivity contribution >= 4 is 37.7 Å². The molecule has 132 valence electrons. The molecule has 2 aromatic carbocycles. The van der Waals surface area contributed by atoms with E-state index in [2.05, 4.69) is 0 Å². The first-order chi connectivity index (χ1) is 11.8. The summed E-state index contributed by atoms with van der Waals surface area (Å²) in [5.41, 5.74) is -1.38. The molecule has 1 unspecified atom stereocenters. The molecular weight excluding hydrogens is 378 g/mol. The Kier molecular flexibility index (Phi) is 4.81. The highest BCUT2D eigenvalue weighted by Crippen LogP contribution is 2.35. The molecule has 0 bridgehead atoms. The summed E-state index contributed by atoms with van der Waals surface area (Å²) >= 11 is -1.49. The predicted octanol–water partition coefficient (Wildman–Crippen LogP) is 4.86. The van der Waals surface area contributed by atoms with Crippen LogP contribution in [-0.4, -0.2) is 8.76 Å². The first-order valence-electron chi connectivity index (χ1n) is 6.97. The zero-order chi connectivity index (χ0) is 18.2. The molecule has 0 aliphatic carbocycles. The molecule has 1 aromatic heterocycles. The van der Waals surface area contributed by atoms with Crippen molar-refractivity contribution < 1.29 is 26.3 Å². The van der Waals surface area contributed by atoms with Crippen LogP contribution in [0.4, 0.5) is 22.6 Å². The van der Waals surface area contributed by atoms with Gasteiger partial charge in [-0.2, -0.15) is 13.2 Å². The molecule has 0 aliphatic rings. The maximum atomic E-state index is 13.4. The van der Waals surface area contributed by atoms with Gasteiger partial charge in [0.25, 0.3) is 0 Å². The van der Waals surface area contributed by atoms with E-state index in [1.807, 2.05) is 6.07 Å². The van der Waals surface area contributed by atoms with Crippen LogP contribution in [-0.2, 0) is 24.0 Å². The highest BCUT2D eigenvalue weighted by Gasteiger charge is 2.34. The van der Waals surface area contributed by atoms with E-state index in [9.17, 15) is 26.3 Å². The van der Waals surface area contributed by atoms with Crippen molar-refractivity contribution in [2.45, 2.75) is 12.7 Å². The molecule has 0 amide bonds. The van der Waals surface area contributed by atoms with Crippen LogP contribution < -0.4 is 4.31 Å². The van der Waals surface area contributed by atoms with Crippen LogP contribution in [0.5, 0.6) is 0 Å². The number of thiophene rings is 1. The minimum absolute atomic E-state index is 0.0374. The zero-order valence-corrected chi connectivity index (χ0v) is 14.1. The monoisotopic (exact) mass is 388 g/mol. The first-order valence-corrected chi connectivity index (χ1v) is 8.81. The SMILES string of the molecule is O=S([O-])N(Cc1ccc(F)c(C(F)(F)F)c1)c1cc2ccccc2s1. The van der Waals surface area contributed by atoms with Gasteiger partial charge in [0.05, 0.1) is 12.1 Å². The van der Waals surface area contributed by atoms with Gasteiger partial charge in [0.15, 0.2) is 0 Å². The number of nitrogens with zero attached hydrogens (tertiary/aromatic N) is 1. The van der Waals surface area contributed by atoms with Crippen LogP contribution in [0, 0.1) is 5.82 Å².